The minimum atomic E-state index is -0.529. The maximum Gasteiger partial charge on any atom is 0.410 e. The number of carbonyl (C=O) groups is 1. The van der Waals surface area contributed by atoms with E-state index < -0.39 is 11.5 Å². The van der Waals surface area contributed by atoms with Crippen LogP contribution in [-0.2, 0) is 4.74 Å². The number of aromatic nitrogens is 4. The SMILES string of the molecule is CC(C1CCN(C(=O)OC(C)(C)C)CC1)n1ncc(C#Cc2cc(Cl)nnc2N)c1F. The first kappa shape index (κ1) is 22.8. The molecular weight excluding hydrogens is 423 g/mol. The molecule has 0 aromatic carbocycles. The number of hydrogen-bond acceptors (Lipinski definition) is 6. The number of hydrogen-bond donors (Lipinski definition) is 1. The lowest BCUT2D eigenvalue weighted by Crippen LogP contribution is -2.43. The average molecular weight is 449 g/mol. The molecule has 0 bridgehead atoms. The summed E-state index contributed by atoms with van der Waals surface area (Å²) in [6.45, 7) is 8.58. The molecule has 1 unspecified atom stereocenters. The van der Waals surface area contributed by atoms with E-state index in [0.29, 0.717) is 18.7 Å². The molecule has 10 heteroatoms. The lowest BCUT2D eigenvalue weighted by molar-refractivity contribution is 0.0161. The van der Waals surface area contributed by atoms with Gasteiger partial charge in [0.1, 0.15) is 5.60 Å². The number of rotatable bonds is 2. The van der Waals surface area contributed by atoms with Crippen LogP contribution >= 0.6 is 11.6 Å². The molecule has 3 rings (SSSR count). The molecule has 3 heterocycles. The highest BCUT2D eigenvalue weighted by Crippen LogP contribution is 2.30. The second-order valence-corrected chi connectivity index (χ2v) is 8.94. The van der Waals surface area contributed by atoms with Crippen molar-refractivity contribution in [2.24, 2.45) is 5.92 Å². The van der Waals surface area contributed by atoms with Gasteiger partial charge in [-0.1, -0.05) is 23.4 Å². The zero-order valence-corrected chi connectivity index (χ0v) is 18.8. The van der Waals surface area contributed by atoms with Crippen LogP contribution in [0, 0.1) is 23.7 Å². The van der Waals surface area contributed by atoms with Gasteiger partial charge in [-0.15, -0.1) is 10.2 Å². The number of nitrogens with zero attached hydrogens (tertiary/aromatic N) is 5. The normalized spacial score (nSPS) is 15.9. The summed E-state index contributed by atoms with van der Waals surface area (Å²) < 4.78 is 21.7. The van der Waals surface area contributed by atoms with Crippen molar-refractivity contribution in [3.63, 3.8) is 0 Å². The number of amides is 1. The summed E-state index contributed by atoms with van der Waals surface area (Å²) in [5.74, 6) is 5.28. The molecule has 1 atom stereocenters. The first-order valence-electron chi connectivity index (χ1n) is 10.1. The van der Waals surface area contributed by atoms with E-state index in [1.54, 1.807) is 4.90 Å². The van der Waals surface area contributed by atoms with Crippen molar-refractivity contribution in [2.45, 2.75) is 52.2 Å². The fraction of sp³-hybridized carbons (Fsp3) is 0.524. The van der Waals surface area contributed by atoms with Gasteiger partial charge in [-0.25, -0.2) is 9.48 Å². The number of likely N-dealkylation sites (tertiary alicyclic amines) is 1. The van der Waals surface area contributed by atoms with Crippen molar-refractivity contribution in [3.8, 4) is 11.8 Å². The molecule has 0 radical (unpaired) electrons. The number of nitrogens with two attached hydrogens (primary N) is 1. The van der Waals surface area contributed by atoms with Crippen LogP contribution in [0.4, 0.5) is 15.0 Å². The topological polar surface area (TPSA) is 99.2 Å². The highest BCUT2D eigenvalue weighted by atomic mass is 35.5. The van der Waals surface area contributed by atoms with E-state index in [2.05, 4.69) is 27.1 Å². The van der Waals surface area contributed by atoms with Gasteiger partial charge in [-0.3, -0.25) is 0 Å². The Morgan fingerprint density at radius 1 is 1.29 bits per heavy atom. The third-order valence-corrected chi connectivity index (χ3v) is 5.30. The number of halogens is 2. The highest BCUT2D eigenvalue weighted by molar-refractivity contribution is 6.29. The zero-order valence-electron chi connectivity index (χ0n) is 18.0. The number of nitrogen functional groups attached to an aromatic ring is 1. The third-order valence-electron chi connectivity index (χ3n) is 5.12. The van der Waals surface area contributed by atoms with E-state index in [9.17, 15) is 9.18 Å². The number of ether oxygens (including phenoxy) is 1. The van der Waals surface area contributed by atoms with Crippen molar-refractivity contribution in [3.05, 3.63) is 34.5 Å². The van der Waals surface area contributed by atoms with Gasteiger partial charge >= 0.3 is 6.09 Å². The first-order chi connectivity index (χ1) is 14.5. The fourth-order valence-electron chi connectivity index (χ4n) is 3.42. The molecule has 2 aromatic rings. The van der Waals surface area contributed by atoms with Gasteiger partial charge in [0.2, 0.25) is 5.95 Å². The molecule has 0 saturated carbocycles. The second-order valence-electron chi connectivity index (χ2n) is 8.56. The lowest BCUT2D eigenvalue weighted by Gasteiger charge is -2.35. The summed E-state index contributed by atoms with van der Waals surface area (Å²) in [5, 5.41) is 11.7. The monoisotopic (exact) mass is 448 g/mol. The Hall–Kier alpha value is -2.86. The standard InChI is InChI=1S/C21H26ClFN6O2/c1-13(14-7-9-28(10-8-14)20(30)31-21(2,3)4)29-18(23)16(12-25-29)6-5-15-11-17(22)26-27-19(15)24/h11-14H,7-10H2,1-4H3,(H2,24,27). The largest absolute Gasteiger partial charge is 0.444 e. The van der Waals surface area contributed by atoms with Crippen LogP contribution in [0.2, 0.25) is 5.15 Å². The molecule has 1 amide bonds. The predicted molar refractivity (Wildman–Crippen MR) is 115 cm³/mol. The Bertz CT molecular complexity index is 1020. The molecule has 1 aliphatic rings. The van der Waals surface area contributed by atoms with Gasteiger partial charge < -0.3 is 15.4 Å². The van der Waals surface area contributed by atoms with Crippen LogP contribution in [0.5, 0.6) is 0 Å². The quantitative estimate of drug-likeness (QED) is 0.704. The van der Waals surface area contributed by atoms with Crippen molar-refractivity contribution < 1.29 is 13.9 Å². The van der Waals surface area contributed by atoms with E-state index in [4.69, 9.17) is 22.1 Å². The number of anilines is 1. The fourth-order valence-corrected chi connectivity index (χ4v) is 3.56. The Balaban J connectivity index is 1.66. The van der Waals surface area contributed by atoms with Crippen molar-refractivity contribution >= 4 is 23.5 Å². The van der Waals surface area contributed by atoms with Crippen LogP contribution in [-0.4, -0.2) is 49.7 Å². The summed E-state index contributed by atoms with van der Waals surface area (Å²) in [6, 6.07) is 1.29. The summed E-state index contributed by atoms with van der Waals surface area (Å²) in [5.41, 5.74) is 5.72. The number of carbonyl (C=O) groups excluding carboxylic acids is 1. The van der Waals surface area contributed by atoms with E-state index in [0.717, 1.165) is 12.8 Å². The maximum absolute atomic E-state index is 14.9. The molecule has 2 aromatic heterocycles. The molecule has 2 N–H and O–H groups in total. The van der Waals surface area contributed by atoms with Gasteiger partial charge in [0, 0.05) is 13.1 Å². The van der Waals surface area contributed by atoms with Crippen molar-refractivity contribution in [1.29, 1.82) is 0 Å². The van der Waals surface area contributed by atoms with E-state index in [-0.39, 0.29) is 34.6 Å². The van der Waals surface area contributed by atoms with Gasteiger partial charge in [-0.05, 0) is 52.5 Å². The molecule has 1 aliphatic heterocycles. The highest BCUT2D eigenvalue weighted by Gasteiger charge is 2.31. The Kier molecular flexibility index (Phi) is 6.70. The first-order valence-corrected chi connectivity index (χ1v) is 10.4. The lowest BCUT2D eigenvalue weighted by atomic mass is 9.90. The summed E-state index contributed by atoms with van der Waals surface area (Å²) >= 11 is 5.80. The van der Waals surface area contributed by atoms with Crippen molar-refractivity contribution in [2.75, 3.05) is 18.8 Å². The van der Waals surface area contributed by atoms with Gasteiger partial charge in [0.05, 0.1) is 23.4 Å². The van der Waals surface area contributed by atoms with Crippen LogP contribution in [0.3, 0.4) is 0 Å². The average Bonchev–Trinajstić information content (AvgIpc) is 3.07. The molecule has 1 saturated heterocycles. The Morgan fingerprint density at radius 3 is 2.58 bits per heavy atom. The van der Waals surface area contributed by atoms with Crippen molar-refractivity contribution in [1.82, 2.24) is 24.9 Å². The van der Waals surface area contributed by atoms with Gasteiger partial charge in [0.15, 0.2) is 11.0 Å². The summed E-state index contributed by atoms with van der Waals surface area (Å²) in [7, 11) is 0. The minimum absolute atomic E-state index is 0.120. The molecule has 0 spiro atoms. The second kappa shape index (κ2) is 9.10. The smallest absolute Gasteiger partial charge is 0.410 e. The van der Waals surface area contributed by atoms with Crippen LogP contribution in [0.1, 0.15) is 57.7 Å². The molecular formula is C21H26ClFN6O2. The molecule has 8 nitrogen and oxygen atoms in total. The molecule has 0 aliphatic carbocycles. The Morgan fingerprint density at radius 2 is 1.94 bits per heavy atom. The minimum Gasteiger partial charge on any atom is -0.444 e. The summed E-state index contributed by atoms with van der Waals surface area (Å²) in [6.07, 6.45) is 2.55. The molecule has 1 fully saturated rings. The van der Waals surface area contributed by atoms with Crippen LogP contribution in [0.25, 0.3) is 0 Å². The predicted octanol–water partition coefficient (Wildman–Crippen LogP) is 3.66. The zero-order chi connectivity index (χ0) is 22.8. The molecule has 31 heavy (non-hydrogen) atoms. The Labute approximate surface area is 185 Å². The van der Waals surface area contributed by atoms with Gasteiger partial charge in [0.25, 0.3) is 0 Å². The summed E-state index contributed by atoms with van der Waals surface area (Å²) in [4.78, 5) is 13.9. The number of piperidine rings is 1. The third kappa shape index (κ3) is 5.64. The van der Waals surface area contributed by atoms with E-state index >= 15 is 0 Å². The molecule has 166 valence electrons. The van der Waals surface area contributed by atoms with E-state index in [1.165, 1.54) is 16.9 Å². The van der Waals surface area contributed by atoms with Crippen LogP contribution < -0.4 is 5.73 Å². The van der Waals surface area contributed by atoms with Crippen LogP contribution in [0.15, 0.2) is 12.3 Å². The van der Waals surface area contributed by atoms with E-state index in [1.807, 2.05) is 27.7 Å². The maximum atomic E-state index is 14.9. The van der Waals surface area contributed by atoms with Gasteiger partial charge in [-0.2, -0.15) is 9.49 Å².